The van der Waals surface area contributed by atoms with E-state index in [4.69, 9.17) is 0 Å². The Hall–Kier alpha value is -1.65. The molecule has 0 unspecified atom stereocenters. The molecule has 1 amide bonds. The molecule has 2 aliphatic rings. The van der Waals surface area contributed by atoms with E-state index in [0.717, 1.165) is 19.0 Å². The predicted octanol–water partition coefficient (Wildman–Crippen LogP) is 1.83. The third kappa shape index (κ3) is 2.69. The van der Waals surface area contributed by atoms with E-state index in [2.05, 4.69) is 20.6 Å². The number of nitrogens with zero attached hydrogens (tertiary/aromatic N) is 2. The summed E-state index contributed by atoms with van der Waals surface area (Å²) in [5.41, 5.74) is 0.820. The third-order valence-electron chi connectivity index (χ3n) is 4.18. The van der Waals surface area contributed by atoms with E-state index in [-0.39, 0.29) is 5.91 Å². The van der Waals surface area contributed by atoms with Crippen molar-refractivity contribution in [3.05, 3.63) is 18.1 Å². The first kappa shape index (κ1) is 12.4. The van der Waals surface area contributed by atoms with Gasteiger partial charge in [0.15, 0.2) is 0 Å². The van der Waals surface area contributed by atoms with E-state index in [1.54, 1.807) is 6.20 Å². The van der Waals surface area contributed by atoms with Gasteiger partial charge in [0.05, 0.1) is 12.4 Å². The molecule has 1 aromatic rings. The number of hydrogen-bond acceptors (Lipinski definition) is 4. The van der Waals surface area contributed by atoms with Crippen LogP contribution in [0.2, 0.25) is 0 Å². The number of carbonyl (C=O) groups is 1. The van der Waals surface area contributed by atoms with Crippen LogP contribution in [-0.4, -0.2) is 29.0 Å². The van der Waals surface area contributed by atoms with Crippen molar-refractivity contribution in [2.75, 3.05) is 18.4 Å². The molecule has 2 saturated carbocycles. The van der Waals surface area contributed by atoms with Gasteiger partial charge in [-0.25, -0.2) is 9.97 Å². The lowest BCUT2D eigenvalue weighted by molar-refractivity contribution is 0.0937. The summed E-state index contributed by atoms with van der Waals surface area (Å²) in [6.07, 6.45) is 8.35. The maximum Gasteiger partial charge on any atom is 0.271 e. The molecule has 3 rings (SSSR count). The van der Waals surface area contributed by atoms with Crippen molar-refractivity contribution in [2.24, 2.45) is 11.3 Å². The molecule has 0 aromatic carbocycles. The first-order valence-corrected chi connectivity index (χ1v) is 7.08. The van der Waals surface area contributed by atoms with Crippen LogP contribution in [0.25, 0.3) is 0 Å². The highest BCUT2D eigenvalue weighted by molar-refractivity contribution is 5.92. The zero-order valence-electron chi connectivity index (χ0n) is 11.3. The first-order valence-electron chi connectivity index (χ1n) is 7.08. The average Bonchev–Trinajstić information content (AvgIpc) is 3.29. The van der Waals surface area contributed by atoms with Gasteiger partial charge in [0.2, 0.25) is 0 Å². The van der Waals surface area contributed by atoms with Gasteiger partial charge >= 0.3 is 0 Å². The molecule has 0 radical (unpaired) electrons. The molecule has 0 saturated heterocycles. The topological polar surface area (TPSA) is 66.9 Å². The maximum atomic E-state index is 12.0. The number of amides is 1. The predicted molar refractivity (Wildman–Crippen MR) is 72.9 cm³/mol. The van der Waals surface area contributed by atoms with E-state index < -0.39 is 0 Å². The Morgan fingerprint density at radius 2 is 2.16 bits per heavy atom. The first-order chi connectivity index (χ1) is 9.23. The molecule has 1 heterocycles. The van der Waals surface area contributed by atoms with Gasteiger partial charge in [-0.15, -0.1) is 0 Å². The summed E-state index contributed by atoms with van der Waals surface area (Å²) < 4.78 is 0. The fourth-order valence-corrected chi connectivity index (χ4v) is 2.65. The second kappa shape index (κ2) is 4.79. The lowest BCUT2D eigenvalue weighted by Gasteiger charge is -2.14. The highest BCUT2D eigenvalue weighted by Gasteiger charge is 2.53. The van der Waals surface area contributed by atoms with Crippen LogP contribution in [0, 0.1) is 11.3 Å². The minimum Gasteiger partial charge on any atom is -0.369 e. The summed E-state index contributed by atoms with van der Waals surface area (Å²) in [7, 11) is 0. The summed E-state index contributed by atoms with van der Waals surface area (Å²) in [4.78, 5) is 20.3. The molecule has 5 heteroatoms. The Kier molecular flexibility index (Phi) is 3.12. The van der Waals surface area contributed by atoms with E-state index in [0.29, 0.717) is 16.9 Å². The highest BCUT2D eigenvalue weighted by Crippen LogP contribution is 2.60. The molecule has 102 valence electrons. The quantitative estimate of drug-likeness (QED) is 0.819. The van der Waals surface area contributed by atoms with E-state index in [1.165, 1.54) is 31.9 Å². The van der Waals surface area contributed by atoms with Crippen molar-refractivity contribution in [1.82, 2.24) is 15.3 Å². The van der Waals surface area contributed by atoms with Crippen molar-refractivity contribution in [2.45, 2.75) is 32.6 Å². The van der Waals surface area contributed by atoms with Gasteiger partial charge in [-0.2, -0.15) is 0 Å². The number of anilines is 1. The highest BCUT2D eigenvalue weighted by atomic mass is 16.1. The Bertz CT molecular complexity index is 463. The van der Waals surface area contributed by atoms with Crippen LogP contribution in [0.15, 0.2) is 12.4 Å². The van der Waals surface area contributed by atoms with Crippen LogP contribution in [0.3, 0.4) is 0 Å². The van der Waals surface area contributed by atoms with Gasteiger partial charge in [0, 0.05) is 13.1 Å². The van der Waals surface area contributed by atoms with E-state index >= 15 is 0 Å². The minimum absolute atomic E-state index is 0.109. The monoisotopic (exact) mass is 260 g/mol. The number of rotatable bonds is 6. The molecule has 5 nitrogen and oxygen atoms in total. The lowest BCUT2D eigenvalue weighted by atomic mass is 10.0. The molecular formula is C14H20N4O. The van der Waals surface area contributed by atoms with Gasteiger partial charge < -0.3 is 10.6 Å². The fourth-order valence-electron chi connectivity index (χ4n) is 2.65. The Morgan fingerprint density at radius 3 is 2.68 bits per heavy atom. The largest absolute Gasteiger partial charge is 0.369 e. The van der Waals surface area contributed by atoms with Crippen LogP contribution in [0.4, 0.5) is 5.82 Å². The minimum atomic E-state index is -0.109. The van der Waals surface area contributed by atoms with Crippen molar-refractivity contribution in [3.63, 3.8) is 0 Å². The SMILES string of the molecule is CCNc1cnc(C(=O)NCC2(C3CC3)CC2)cn1. The summed E-state index contributed by atoms with van der Waals surface area (Å²) in [6.45, 7) is 3.59. The number of nitrogens with one attached hydrogen (secondary N) is 2. The molecule has 2 N–H and O–H groups in total. The number of hydrogen-bond donors (Lipinski definition) is 2. The molecule has 19 heavy (non-hydrogen) atoms. The number of carbonyl (C=O) groups excluding carboxylic acids is 1. The van der Waals surface area contributed by atoms with Crippen molar-refractivity contribution in [1.29, 1.82) is 0 Å². The molecule has 2 aliphatic carbocycles. The van der Waals surface area contributed by atoms with Gasteiger partial charge in [-0.1, -0.05) is 0 Å². The second-order valence-electron chi connectivity index (χ2n) is 5.64. The van der Waals surface area contributed by atoms with Crippen LogP contribution in [-0.2, 0) is 0 Å². The van der Waals surface area contributed by atoms with Gasteiger partial charge in [0.25, 0.3) is 5.91 Å². The van der Waals surface area contributed by atoms with Crippen LogP contribution in [0.5, 0.6) is 0 Å². The van der Waals surface area contributed by atoms with Gasteiger partial charge in [-0.3, -0.25) is 4.79 Å². The van der Waals surface area contributed by atoms with Crippen molar-refractivity contribution < 1.29 is 4.79 Å². The van der Waals surface area contributed by atoms with Crippen molar-refractivity contribution >= 4 is 11.7 Å². The smallest absolute Gasteiger partial charge is 0.271 e. The maximum absolute atomic E-state index is 12.0. The zero-order chi connectivity index (χ0) is 13.3. The van der Waals surface area contributed by atoms with Crippen LogP contribution in [0.1, 0.15) is 43.1 Å². The van der Waals surface area contributed by atoms with E-state index in [9.17, 15) is 4.79 Å². The molecule has 0 spiro atoms. The molecule has 0 bridgehead atoms. The standard InChI is InChI=1S/C14H20N4O/c1-2-15-12-8-16-11(7-17-12)13(19)18-9-14(5-6-14)10-3-4-10/h7-8,10H,2-6,9H2,1H3,(H,15,17)(H,18,19). The van der Waals surface area contributed by atoms with Gasteiger partial charge in [-0.05, 0) is 43.9 Å². The Balaban J connectivity index is 1.54. The van der Waals surface area contributed by atoms with E-state index in [1.807, 2.05) is 6.92 Å². The average molecular weight is 260 g/mol. The second-order valence-corrected chi connectivity index (χ2v) is 5.64. The molecule has 0 atom stereocenters. The van der Waals surface area contributed by atoms with Crippen LogP contribution < -0.4 is 10.6 Å². The molecule has 2 fully saturated rings. The molecule has 0 aliphatic heterocycles. The summed E-state index contributed by atoms with van der Waals surface area (Å²) >= 11 is 0. The van der Waals surface area contributed by atoms with Crippen molar-refractivity contribution in [3.8, 4) is 0 Å². The number of aromatic nitrogens is 2. The normalized spacial score (nSPS) is 19.8. The van der Waals surface area contributed by atoms with Crippen LogP contribution >= 0.6 is 0 Å². The zero-order valence-corrected chi connectivity index (χ0v) is 11.3. The third-order valence-corrected chi connectivity index (χ3v) is 4.18. The lowest BCUT2D eigenvalue weighted by Crippen LogP contribution is -2.31. The fraction of sp³-hybridized carbons (Fsp3) is 0.643. The van der Waals surface area contributed by atoms with Gasteiger partial charge in [0.1, 0.15) is 11.5 Å². The summed E-state index contributed by atoms with van der Waals surface area (Å²) in [5.74, 6) is 1.45. The summed E-state index contributed by atoms with van der Waals surface area (Å²) in [5, 5.41) is 6.07. The molecule has 1 aromatic heterocycles. The molecular weight excluding hydrogens is 240 g/mol. The Morgan fingerprint density at radius 1 is 1.37 bits per heavy atom. The summed E-state index contributed by atoms with van der Waals surface area (Å²) in [6, 6.07) is 0. The Labute approximate surface area is 113 Å².